The van der Waals surface area contributed by atoms with Gasteiger partial charge in [-0.25, -0.2) is 0 Å². The minimum atomic E-state index is -0.339. The summed E-state index contributed by atoms with van der Waals surface area (Å²) in [6, 6.07) is 7.06. The number of halogens is 1. The van der Waals surface area contributed by atoms with E-state index in [1.54, 1.807) is 18.7 Å². The Kier molecular flexibility index (Phi) is 6.72. The normalized spacial score (nSPS) is 18.7. The molecule has 1 fully saturated rings. The lowest BCUT2D eigenvalue weighted by Crippen LogP contribution is -2.50. The lowest BCUT2D eigenvalue weighted by molar-refractivity contribution is -0.148. The third-order valence-corrected chi connectivity index (χ3v) is 4.82. The molecule has 0 unspecified atom stereocenters. The van der Waals surface area contributed by atoms with Gasteiger partial charge in [-0.05, 0) is 31.2 Å². The Labute approximate surface area is 142 Å². The number of carbonyl (C=O) groups excluding carboxylic acids is 2. The van der Waals surface area contributed by atoms with Gasteiger partial charge in [-0.3, -0.25) is 14.5 Å². The fourth-order valence-electron chi connectivity index (χ4n) is 2.20. The van der Waals surface area contributed by atoms with Crippen molar-refractivity contribution >= 4 is 45.3 Å². The van der Waals surface area contributed by atoms with E-state index in [4.69, 9.17) is 4.74 Å². The Hall–Kier alpha value is -1.05. The second-order valence-electron chi connectivity index (χ2n) is 4.87. The first kappa shape index (κ1) is 17.3. The second-order valence-corrected chi connectivity index (χ2v) is 6.93. The van der Waals surface area contributed by atoms with Crippen LogP contribution in [0.5, 0.6) is 0 Å². The molecule has 1 N–H and O–H groups in total. The monoisotopic (exact) mass is 386 g/mol. The number of esters is 1. The van der Waals surface area contributed by atoms with Crippen LogP contribution in [0.25, 0.3) is 0 Å². The van der Waals surface area contributed by atoms with Crippen LogP contribution < -0.4 is 5.32 Å². The van der Waals surface area contributed by atoms with E-state index < -0.39 is 0 Å². The van der Waals surface area contributed by atoms with Crippen LogP contribution in [0.4, 0.5) is 5.69 Å². The van der Waals surface area contributed by atoms with Crippen molar-refractivity contribution in [1.29, 1.82) is 0 Å². The van der Waals surface area contributed by atoms with Gasteiger partial charge in [0, 0.05) is 28.2 Å². The number of rotatable bonds is 5. The molecule has 1 heterocycles. The highest BCUT2D eigenvalue weighted by Crippen LogP contribution is 2.18. The van der Waals surface area contributed by atoms with Gasteiger partial charge in [-0.2, -0.15) is 11.8 Å². The second kappa shape index (κ2) is 8.55. The average Bonchev–Trinajstić information content (AvgIpc) is 2.50. The van der Waals surface area contributed by atoms with Gasteiger partial charge in [0.2, 0.25) is 5.91 Å². The third kappa shape index (κ3) is 5.00. The molecule has 1 aromatic carbocycles. The molecule has 0 bridgehead atoms. The smallest absolute Gasteiger partial charge is 0.324 e. The molecule has 1 atom stereocenters. The van der Waals surface area contributed by atoms with Crippen LogP contribution in [-0.2, 0) is 14.3 Å². The zero-order valence-electron chi connectivity index (χ0n) is 12.4. The SMILES string of the molecule is CCOC(=O)[C@@H]1CSCCN1CC(=O)Nc1ccc(Br)cc1. The van der Waals surface area contributed by atoms with Gasteiger partial charge >= 0.3 is 5.97 Å². The highest BCUT2D eigenvalue weighted by Gasteiger charge is 2.31. The van der Waals surface area contributed by atoms with E-state index in [0.717, 1.165) is 15.9 Å². The first-order valence-corrected chi connectivity index (χ1v) is 9.08. The first-order chi connectivity index (χ1) is 10.6. The molecule has 120 valence electrons. The zero-order valence-corrected chi connectivity index (χ0v) is 14.8. The average molecular weight is 387 g/mol. The van der Waals surface area contributed by atoms with Gasteiger partial charge < -0.3 is 10.1 Å². The van der Waals surface area contributed by atoms with Crippen LogP contribution in [0.15, 0.2) is 28.7 Å². The molecule has 1 aliphatic rings. The Morgan fingerprint density at radius 1 is 1.41 bits per heavy atom. The molecule has 1 amide bonds. The van der Waals surface area contributed by atoms with Crippen LogP contribution in [0.2, 0.25) is 0 Å². The van der Waals surface area contributed by atoms with Crippen molar-refractivity contribution in [3.63, 3.8) is 0 Å². The number of anilines is 1. The summed E-state index contributed by atoms with van der Waals surface area (Å²) in [6.45, 7) is 3.05. The Balaban J connectivity index is 1.93. The standard InChI is InChI=1S/C15H19BrN2O3S/c1-2-21-15(20)13-10-22-8-7-18(13)9-14(19)17-12-5-3-11(16)4-6-12/h3-6,13H,2,7-10H2,1H3,(H,17,19)/t13-/m0/s1. The van der Waals surface area contributed by atoms with Crippen molar-refractivity contribution in [3.05, 3.63) is 28.7 Å². The quantitative estimate of drug-likeness (QED) is 0.787. The van der Waals surface area contributed by atoms with E-state index in [9.17, 15) is 9.59 Å². The summed E-state index contributed by atoms with van der Waals surface area (Å²) in [5, 5.41) is 2.85. The molecular formula is C15H19BrN2O3S. The summed E-state index contributed by atoms with van der Waals surface area (Å²) < 4.78 is 6.05. The van der Waals surface area contributed by atoms with Gasteiger partial charge in [-0.1, -0.05) is 15.9 Å². The van der Waals surface area contributed by atoms with Crippen molar-refractivity contribution in [1.82, 2.24) is 4.90 Å². The number of amides is 1. The Bertz CT molecular complexity index is 524. The van der Waals surface area contributed by atoms with Gasteiger partial charge in [0.05, 0.1) is 13.2 Å². The number of thioether (sulfide) groups is 1. The van der Waals surface area contributed by atoms with Crippen molar-refractivity contribution < 1.29 is 14.3 Å². The fourth-order valence-corrected chi connectivity index (χ4v) is 3.57. The minimum absolute atomic E-state index is 0.122. The summed E-state index contributed by atoms with van der Waals surface area (Å²) in [4.78, 5) is 26.0. The molecule has 5 nitrogen and oxygen atoms in total. The topological polar surface area (TPSA) is 58.6 Å². The first-order valence-electron chi connectivity index (χ1n) is 7.14. The van der Waals surface area contributed by atoms with E-state index in [1.807, 2.05) is 29.2 Å². The number of benzene rings is 1. The molecular weight excluding hydrogens is 368 g/mol. The lowest BCUT2D eigenvalue weighted by atomic mass is 10.2. The van der Waals surface area contributed by atoms with Gasteiger partial charge in [0.25, 0.3) is 0 Å². The van der Waals surface area contributed by atoms with E-state index in [-0.39, 0.29) is 24.5 Å². The predicted molar refractivity (Wildman–Crippen MR) is 92.1 cm³/mol. The van der Waals surface area contributed by atoms with Crippen molar-refractivity contribution in [2.45, 2.75) is 13.0 Å². The fraction of sp³-hybridized carbons (Fsp3) is 0.467. The molecule has 1 aliphatic heterocycles. The van der Waals surface area contributed by atoms with Crippen LogP contribution in [0.3, 0.4) is 0 Å². The molecule has 0 aliphatic carbocycles. The van der Waals surface area contributed by atoms with E-state index >= 15 is 0 Å². The van der Waals surface area contributed by atoms with Gasteiger partial charge in [-0.15, -0.1) is 0 Å². The van der Waals surface area contributed by atoms with E-state index in [2.05, 4.69) is 21.2 Å². The Morgan fingerprint density at radius 2 is 2.14 bits per heavy atom. The van der Waals surface area contributed by atoms with Crippen LogP contribution in [0.1, 0.15) is 6.92 Å². The predicted octanol–water partition coefficient (Wildman–Crippen LogP) is 2.37. The number of hydrogen-bond acceptors (Lipinski definition) is 5. The molecule has 0 spiro atoms. The molecule has 2 rings (SSSR count). The van der Waals surface area contributed by atoms with E-state index in [0.29, 0.717) is 18.9 Å². The lowest BCUT2D eigenvalue weighted by Gasteiger charge is -2.32. The summed E-state index contributed by atoms with van der Waals surface area (Å²) in [5.74, 6) is 1.22. The minimum Gasteiger partial charge on any atom is -0.465 e. The highest BCUT2D eigenvalue weighted by atomic mass is 79.9. The summed E-state index contributed by atoms with van der Waals surface area (Å²) in [7, 11) is 0. The number of nitrogens with zero attached hydrogens (tertiary/aromatic N) is 1. The summed E-state index contributed by atoms with van der Waals surface area (Å²) in [6.07, 6.45) is 0. The summed E-state index contributed by atoms with van der Waals surface area (Å²) in [5.41, 5.74) is 0.743. The number of carbonyl (C=O) groups is 2. The van der Waals surface area contributed by atoms with E-state index in [1.165, 1.54) is 0 Å². The van der Waals surface area contributed by atoms with Crippen LogP contribution >= 0.6 is 27.7 Å². The molecule has 0 radical (unpaired) electrons. The molecule has 22 heavy (non-hydrogen) atoms. The van der Waals surface area contributed by atoms with Crippen molar-refractivity contribution in [2.75, 3.05) is 36.5 Å². The maximum absolute atomic E-state index is 12.2. The molecule has 0 aromatic heterocycles. The van der Waals surface area contributed by atoms with Crippen molar-refractivity contribution in [3.8, 4) is 0 Å². The highest BCUT2D eigenvalue weighted by molar-refractivity contribution is 9.10. The van der Waals surface area contributed by atoms with Gasteiger partial charge in [0.1, 0.15) is 6.04 Å². The molecule has 1 saturated heterocycles. The molecule has 7 heteroatoms. The number of nitrogens with one attached hydrogen (secondary N) is 1. The van der Waals surface area contributed by atoms with Gasteiger partial charge in [0.15, 0.2) is 0 Å². The van der Waals surface area contributed by atoms with Crippen LogP contribution in [0, 0.1) is 0 Å². The maximum atomic E-state index is 12.2. The zero-order chi connectivity index (χ0) is 15.9. The molecule has 1 aromatic rings. The number of hydrogen-bond donors (Lipinski definition) is 1. The number of ether oxygens (including phenoxy) is 1. The summed E-state index contributed by atoms with van der Waals surface area (Å²) >= 11 is 5.07. The molecule has 0 saturated carbocycles. The third-order valence-electron chi connectivity index (χ3n) is 3.27. The van der Waals surface area contributed by atoms with Crippen LogP contribution in [-0.4, -0.2) is 54.0 Å². The Morgan fingerprint density at radius 3 is 2.82 bits per heavy atom. The largest absolute Gasteiger partial charge is 0.465 e. The van der Waals surface area contributed by atoms with Crippen molar-refractivity contribution in [2.24, 2.45) is 0 Å². The maximum Gasteiger partial charge on any atom is 0.324 e.